The molecule has 0 spiro atoms. The van der Waals surface area contributed by atoms with Crippen LogP contribution in [-0.2, 0) is 9.84 Å². The highest BCUT2D eigenvalue weighted by atomic mass is 32.2. The van der Waals surface area contributed by atoms with Gasteiger partial charge in [-0.2, -0.15) is 0 Å². The second-order valence-corrected chi connectivity index (χ2v) is 6.36. The van der Waals surface area contributed by atoms with E-state index in [1.807, 2.05) is 0 Å². The maximum Gasteiger partial charge on any atom is 0.175 e. The number of nitrogens with one attached hydrogen (secondary N) is 1. The molecule has 0 aliphatic carbocycles. The summed E-state index contributed by atoms with van der Waals surface area (Å²) < 4.78 is 22.5. The molecule has 0 aromatic heterocycles. The van der Waals surface area contributed by atoms with Crippen LogP contribution in [0.2, 0.25) is 0 Å². The molecule has 1 aromatic carbocycles. The van der Waals surface area contributed by atoms with Gasteiger partial charge in [-0.15, -0.1) is 0 Å². The topological polar surface area (TPSA) is 86.6 Å². The third kappa shape index (κ3) is 4.38. The van der Waals surface area contributed by atoms with Crippen LogP contribution in [0.15, 0.2) is 29.2 Å². The SMILES string of the molecule is CC(CO)NCC(O)c1ccc(S(C)(=O)=O)cc1. The molecule has 1 rings (SSSR count). The monoisotopic (exact) mass is 273 g/mol. The fourth-order valence-electron chi connectivity index (χ4n) is 1.43. The molecule has 3 N–H and O–H groups in total. The first kappa shape index (κ1) is 15.1. The maximum atomic E-state index is 11.3. The van der Waals surface area contributed by atoms with E-state index in [1.54, 1.807) is 19.1 Å². The summed E-state index contributed by atoms with van der Waals surface area (Å²) in [5, 5.41) is 21.7. The molecule has 1 aromatic rings. The van der Waals surface area contributed by atoms with Crippen molar-refractivity contribution in [1.82, 2.24) is 5.32 Å². The second-order valence-electron chi connectivity index (χ2n) is 4.35. The summed E-state index contributed by atoms with van der Waals surface area (Å²) in [7, 11) is -3.21. The summed E-state index contributed by atoms with van der Waals surface area (Å²) in [6.07, 6.45) is 0.413. The molecule has 0 saturated heterocycles. The molecule has 0 heterocycles. The summed E-state index contributed by atoms with van der Waals surface area (Å²) in [5.41, 5.74) is 0.639. The molecule has 0 aliphatic heterocycles. The van der Waals surface area contributed by atoms with Crippen LogP contribution in [-0.4, -0.2) is 44.1 Å². The molecule has 0 aliphatic rings. The molecule has 0 fully saturated rings. The number of rotatable bonds is 6. The lowest BCUT2D eigenvalue weighted by Gasteiger charge is -2.15. The predicted molar refractivity (Wildman–Crippen MR) is 69.1 cm³/mol. The summed E-state index contributed by atoms with van der Waals surface area (Å²) in [5.74, 6) is 0. The van der Waals surface area contributed by atoms with Crippen LogP contribution in [0.1, 0.15) is 18.6 Å². The third-order valence-electron chi connectivity index (χ3n) is 2.63. The predicted octanol–water partition coefficient (Wildman–Crippen LogP) is 0.0939. The van der Waals surface area contributed by atoms with Crippen molar-refractivity contribution < 1.29 is 18.6 Å². The van der Waals surface area contributed by atoms with Crippen LogP contribution in [0, 0.1) is 0 Å². The van der Waals surface area contributed by atoms with Gasteiger partial charge in [0.15, 0.2) is 9.84 Å². The molecule has 0 bridgehead atoms. The number of benzene rings is 1. The standard InChI is InChI=1S/C12H19NO4S/c1-9(8-14)13-7-12(15)10-3-5-11(6-4-10)18(2,16)17/h3-6,9,12-15H,7-8H2,1-2H3. The van der Waals surface area contributed by atoms with Crippen molar-refractivity contribution in [3.8, 4) is 0 Å². The second kappa shape index (κ2) is 6.29. The molecule has 0 saturated carbocycles. The first-order valence-corrected chi connectivity index (χ1v) is 7.56. The molecule has 6 heteroatoms. The molecular formula is C12H19NO4S. The lowest BCUT2D eigenvalue weighted by atomic mass is 10.1. The Morgan fingerprint density at radius 3 is 2.28 bits per heavy atom. The van der Waals surface area contributed by atoms with Gasteiger partial charge < -0.3 is 15.5 Å². The normalized spacial score (nSPS) is 15.3. The van der Waals surface area contributed by atoms with Crippen molar-refractivity contribution in [1.29, 1.82) is 0 Å². The van der Waals surface area contributed by atoms with Gasteiger partial charge in [0.25, 0.3) is 0 Å². The van der Waals surface area contributed by atoms with E-state index in [2.05, 4.69) is 5.32 Å². The summed E-state index contributed by atoms with van der Waals surface area (Å²) in [4.78, 5) is 0.232. The maximum absolute atomic E-state index is 11.3. The fraction of sp³-hybridized carbons (Fsp3) is 0.500. The van der Waals surface area contributed by atoms with E-state index >= 15 is 0 Å². The third-order valence-corrected chi connectivity index (χ3v) is 3.76. The van der Waals surface area contributed by atoms with Crippen LogP contribution in [0.4, 0.5) is 0 Å². The number of aliphatic hydroxyl groups excluding tert-OH is 2. The van der Waals surface area contributed by atoms with E-state index in [1.165, 1.54) is 12.1 Å². The Morgan fingerprint density at radius 2 is 1.83 bits per heavy atom. The van der Waals surface area contributed by atoms with Crippen molar-refractivity contribution >= 4 is 9.84 Å². The van der Waals surface area contributed by atoms with Gasteiger partial charge in [-0.25, -0.2) is 8.42 Å². The average Bonchev–Trinajstić information content (AvgIpc) is 2.34. The zero-order chi connectivity index (χ0) is 13.8. The summed E-state index contributed by atoms with van der Waals surface area (Å²) >= 11 is 0. The van der Waals surface area contributed by atoms with Crippen molar-refractivity contribution in [2.75, 3.05) is 19.4 Å². The highest BCUT2D eigenvalue weighted by Crippen LogP contribution is 2.16. The van der Waals surface area contributed by atoms with Gasteiger partial charge in [0.1, 0.15) is 0 Å². The number of hydrogen-bond donors (Lipinski definition) is 3. The quantitative estimate of drug-likeness (QED) is 0.684. The van der Waals surface area contributed by atoms with Crippen molar-refractivity contribution in [3.63, 3.8) is 0 Å². The van der Waals surface area contributed by atoms with Crippen LogP contribution >= 0.6 is 0 Å². The summed E-state index contributed by atoms with van der Waals surface area (Å²) in [6, 6.07) is 6.04. The Balaban J connectivity index is 2.68. The lowest BCUT2D eigenvalue weighted by Crippen LogP contribution is -2.32. The van der Waals surface area contributed by atoms with Crippen LogP contribution in [0.5, 0.6) is 0 Å². The Hall–Kier alpha value is -0.950. The lowest BCUT2D eigenvalue weighted by molar-refractivity contribution is 0.161. The average molecular weight is 273 g/mol. The minimum absolute atomic E-state index is 0.000262. The fourth-order valence-corrected chi connectivity index (χ4v) is 2.06. The Kier molecular flexibility index (Phi) is 5.28. The van der Waals surface area contributed by atoms with Gasteiger partial charge in [0.2, 0.25) is 0 Å². The van der Waals surface area contributed by atoms with E-state index in [-0.39, 0.29) is 17.5 Å². The first-order chi connectivity index (χ1) is 8.34. The van der Waals surface area contributed by atoms with Gasteiger partial charge in [-0.1, -0.05) is 12.1 Å². The van der Waals surface area contributed by atoms with E-state index in [9.17, 15) is 13.5 Å². The van der Waals surface area contributed by atoms with Gasteiger partial charge in [-0.3, -0.25) is 0 Å². The molecule has 2 atom stereocenters. The minimum atomic E-state index is -3.21. The zero-order valence-electron chi connectivity index (χ0n) is 10.5. The van der Waals surface area contributed by atoms with Crippen LogP contribution in [0.25, 0.3) is 0 Å². The number of sulfone groups is 1. The van der Waals surface area contributed by atoms with Crippen molar-refractivity contribution in [2.45, 2.75) is 24.0 Å². The van der Waals surface area contributed by atoms with Gasteiger partial charge in [0, 0.05) is 18.8 Å². The van der Waals surface area contributed by atoms with E-state index < -0.39 is 15.9 Å². The molecule has 5 nitrogen and oxygen atoms in total. The minimum Gasteiger partial charge on any atom is -0.395 e. The van der Waals surface area contributed by atoms with Crippen LogP contribution in [0.3, 0.4) is 0 Å². The number of hydrogen-bond acceptors (Lipinski definition) is 5. The van der Waals surface area contributed by atoms with Crippen molar-refractivity contribution in [3.05, 3.63) is 29.8 Å². The Morgan fingerprint density at radius 1 is 1.28 bits per heavy atom. The molecular weight excluding hydrogens is 254 g/mol. The number of aliphatic hydroxyl groups is 2. The first-order valence-electron chi connectivity index (χ1n) is 5.67. The van der Waals surface area contributed by atoms with Gasteiger partial charge in [0.05, 0.1) is 17.6 Å². The summed E-state index contributed by atoms with van der Waals surface area (Å²) in [6.45, 7) is 2.11. The molecule has 0 radical (unpaired) electrons. The van der Waals surface area contributed by atoms with Gasteiger partial charge >= 0.3 is 0 Å². The molecule has 2 unspecified atom stereocenters. The Labute approximate surface area is 107 Å². The largest absolute Gasteiger partial charge is 0.395 e. The smallest absolute Gasteiger partial charge is 0.175 e. The van der Waals surface area contributed by atoms with E-state index in [0.717, 1.165) is 6.26 Å². The van der Waals surface area contributed by atoms with Crippen molar-refractivity contribution in [2.24, 2.45) is 0 Å². The Bertz CT molecular complexity index is 469. The highest BCUT2D eigenvalue weighted by Gasteiger charge is 2.11. The molecule has 18 heavy (non-hydrogen) atoms. The van der Waals surface area contributed by atoms with Gasteiger partial charge in [-0.05, 0) is 24.6 Å². The zero-order valence-corrected chi connectivity index (χ0v) is 11.3. The molecule has 0 amide bonds. The van der Waals surface area contributed by atoms with E-state index in [4.69, 9.17) is 5.11 Å². The highest BCUT2D eigenvalue weighted by molar-refractivity contribution is 7.90. The molecule has 102 valence electrons. The van der Waals surface area contributed by atoms with Crippen LogP contribution < -0.4 is 5.32 Å². The van der Waals surface area contributed by atoms with E-state index in [0.29, 0.717) is 12.1 Å².